The van der Waals surface area contributed by atoms with E-state index in [0.29, 0.717) is 24.7 Å². The van der Waals surface area contributed by atoms with Crippen LogP contribution in [-0.2, 0) is 19.6 Å². The molecule has 1 N–H and O–H groups in total. The van der Waals surface area contributed by atoms with Gasteiger partial charge in [-0.05, 0) is 42.9 Å². The average Bonchev–Trinajstić information content (AvgIpc) is 2.66. The molecule has 0 aromatic heterocycles. The van der Waals surface area contributed by atoms with Crippen molar-refractivity contribution in [1.29, 1.82) is 0 Å². The monoisotopic (exact) mass is 454 g/mol. The van der Waals surface area contributed by atoms with E-state index >= 15 is 0 Å². The molecule has 0 saturated carbocycles. The molecule has 2 atom stereocenters. The Morgan fingerprint density at radius 1 is 0.966 bits per heavy atom. The third-order valence-electron chi connectivity index (χ3n) is 4.80. The SMILES string of the molecule is CCC(C)CCOC(=O)c1ccc(C(=O)OCCC(C)CC)c(S(=O)(=O)O)c1.[KH]. The number of esters is 2. The van der Waals surface area contributed by atoms with Gasteiger partial charge in [0.1, 0.15) is 4.90 Å². The van der Waals surface area contributed by atoms with Gasteiger partial charge in [-0.3, -0.25) is 4.55 Å². The van der Waals surface area contributed by atoms with Crippen LogP contribution in [0.4, 0.5) is 0 Å². The molecule has 0 heterocycles. The first kappa shape index (κ1) is 28.7. The summed E-state index contributed by atoms with van der Waals surface area (Å²) in [5.41, 5.74) is -0.379. The number of hydrogen-bond donors (Lipinski definition) is 1. The molecular weight excluding hydrogens is 423 g/mol. The van der Waals surface area contributed by atoms with Crippen LogP contribution < -0.4 is 0 Å². The molecule has 0 radical (unpaired) electrons. The van der Waals surface area contributed by atoms with Crippen LogP contribution in [0.15, 0.2) is 23.1 Å². The van der Waals surface area contributed by atoms with Crippen molar-refractivity contribution in [2.45, 2.75) is 58.3 Å². The van der Waals surface area contributed by atoms with Gasteiger partial charge in [-0.25, -0.2) is 9.59 Å². The predicted octanol–water partition coefficient (Wildman–Crippen LogP) is 3.47. The van der Waals surface area contributed by atoms with Crippen LogP contribution >= 0.6 is 0 Å². The van der Waals surface area contributed by atoms with Gasteiger partial charge in [0.25, 0.3) is 10.1 Å². The molecule has 0 saturated heterocycles. The van der Waals surface area contributed by atoms with Gasteiger partial charge in [-0.15, -0.1) is 0 Å². The Labute approximate surface area is 216 Å². The molecule has 1 aromatic rings. The molecule has 0 spiro atoms. The van der Waals surface area contributed by atoms with Crippen LogP contribution in [0.25, 0.3) is 0 Å². The maximum absolute atomic E-state index is 12.2. The van der Waals surface area contributed by atoms with E-state index in [4.69, 9.17) is 9.47 Å². The zero-order valence-electron chi connectivity index (χ0n) is 16.9. The van der Waals surface area contributed by atoms with E-state index in [1.807, 2.05) is 27.7 Å². The zero-order chi connectivity index (χ0) is 21.3. The standard InChI is InChI=1S/C20H30O7S.K.H/c1-5-14(3)9-11-26-19(21)16-7-8-17(18(13-16)28(23,24)25)20(22)27-12-10-15(4)6-2;;/h7-8,13-15H,5-6,9-12H2,1-4H3,(H,23,24,25);;. The molecule has 2 unspecified atom stereocenters. The summed E-state index contributed by atoms with van der Waals surface area (Å²) in [6.07, 6.45) is 3.22. The Balaban J connectivity index is 0.00000784. The first-order valence-electron chi connectivity index (χ1n) is 9.55. The summed E-state index contributed by atoms with van der Waals surface area (Å²) in [7, 11) is -4.73. The molecule has 1 rings (SSSR count). The third-order valence-corrected chi connectivity index (χ3v) is 5.69. The number of benzene rings is 1. The number of carbonyl (C=O) groups is 2. The van der Waals surface area contributed by atoms with Gasteiger partial charge >= 0.3 is 63.3 Å². The van der Waals surface area contributed by atoms with Gasteiger partial charge in [0.15, 0.2) is 0 Å². The minimum atomic E-state index is -4.73. The molecule has 0 bridgehead atoms. The van der Waals surface area contributed by atoms with Crippen molar-refractivity contribution in [3.05, 3.63) is 29.3 Å². The van der Waals surface area contributed by atoms with E-state index in [2.05, 4.69) is 0 Å². The number of carbonyl (C=O) groups excluding carboxylic acids is 2. The van der Waals surface area contributed by atoms with Crippen molar-refractivity contribution in [2.24, 2.45) is 11.8 Å². The third kappa shape index (κ3) is 10.0. The van der Waals surface area contributed by atoms with Crippen LogP contribution in [-0.4, -0.2) is 89.5 Å². The van der Waals surface area contributed by atoms with Crippen molar-refractivity contribution in [3.8, 4) is 0 Å². The Kier molecular flexibility index (Phi) is 13.8. The number of hydrogen-bond acceptors (Lipinski definition) is 6. The first-order valence-corrected chi connectivity index (χ1v) is 11.0. The molecular formula is C20H31KO7S. The van der Waals surface area contributed by atoms with E-state index in [1.165, 1.54) is 6.07 Å². The normalized spacial score (nSPS) is 13.1. The van der Waals surface area contributed by atoms with Crippen LogP contribution in [0, 0.1) is 11.8 Å². The summed E-state index contributed by atoms with van der Waals surface area (Å²) in [5, 5.41) is 0. The summed E-state index contributed by atoms with van der Waals surface area (Å²) in [6.45, 7) is 8.44. The summed E-state index contributed by atoms with van der Waals surface area (Å²) in [5.74, 6) is -0.826. The van der Waals surface area contributed by atoms with Crippen molar-refractivity contribution in [1.82, 2.24) is 0 Å². The van der Waals surface area contributed by atoms with Crippen LogP contribution in [0.1, 0.15) is 74.1 Å². The van der Waals surface area contributed by atoms with Gasteiger partial charge in [-0.1, -0.05) is 40.5 Å². The molecule has 0 aliphatic heterocycles. The average molecular weight is 455 g/mol. The molecule has 0 fully saturated rings. The zero-order valence-corrected chi connectivity index (χ0v) is 17.8. The van der Waals surface area contributed by atoms with Crippen LogP contribution in [0.3, 0.4) is 0 Å². The second-order valence-corrected chi connectivity index (χ2v) is 8.45. The first-order chi connectivity index (χ1) is 13.1. The number of ether oxygens (including phenoxy) is 2. The van der Waals surface area contributed by atoms with Crippen molar-refractivity contribution in [2.75, 3.05) is 13.2 Å². The summed E-state index contributed by atoms with van der Waals surface area (Å²) >= 11 is 0. The Bertz CT molecular complexity index is 777. The fraction of sp³-hybridized carbons (Fsp3) is 0.600. The fourth-order valence-corrected chi connectivity index (χ4v) is 3.01. The second-order valence-electron chi connectivity index (χ2n) is 7.06. The van der Waals surface area contributed by atoms with E-state index in [9.17, 15) is 22.6 Å². The molecule has 7 nitrogen and oxygen atoms in total. The molecule has 0 amide bonds. The molecule has 0 aliphatic carbocycles. The van der Waals surface area contributed by atoms with Crippen LogP contribution in [0.2, 0.25) is 0 Å². The van der Waals surface area contributed by atoms with Crippen molar-refractivity contribution in [3.63, 3.8) is 0 Å². The Morgan fingerprint density at radius 3 is 1.90 bits per heavy atom. The topological polar surface area (TPSA) is 107 Å². The van der Waals surface area contributed by atoms with E-state index in [0.717, 1.165) is 25.0 Å². The summed E-state index contributed by atoms with van der Waals surface area (Å²) in [6, 6.07) is 3.37. The molecule has 0 aliphatic rings. The molecule has 9 heteroatoms. The molecule has 160 valence electrons. The van der Waals surface area contributed by atoms with Crippen LogP contribution in [0.5, 0.6) is 0 Å². The fourth-order valence-electron chi connectivity index (χ4n) is 2.31. The van der Waals surface area contributed by atoms with Gasteiger partial charge in [0, 0.05) is 0 Å². The van der Waals surface area contributed by atoms with Crippen molar-refractivity contribution >= 4 is 73.4 Å². The molecule has 1 aromatic carbocycles. The predicted molar refractivity (Wildman–Crippen MR) is 112 cm³/mol. The summed E-state index contributed by atoms with van der Waals surface area (Å²) < 4.78 is 43.1. The molecule has 29 heavy (non-hydrogen) atoms. The van der Waals surface area contributed by atoms with Crippen molar-refractivity contribution < 1.29 is 32.0 Å². The van der Waals surface area contributed by atoms with E-state index < -0.39 is 27.0 Å². The van der Waals surface area contributed by atoms with Gasteiger partial charge in [-0.2, -0.15) is 8.42 Å². The Morgan fingerprint density at radius 2 is 1.45 bits per heavy atom. The van der Waals surface area contributed by atoms with E-state index in [1.54, 1.807) is 0 Å². The maximum atomic E-state index is 12.2. The minimum absolute atomic E-state index is 0. The van der Waals surface area contributed by atoms with E-state index in [-0.39, 0.29) is 75.7 Å². The number of rotatable bonds is 11. The quantitative estimate of drug-likeness (QED) is 0.310. The Hall–Kier alpha value is -0.294. The summed E-state index contributed by atoms with van der Waals surface area (Å²) in [4.78, 5) is 23.7. The van der Waals surface area contributed by atoms with Gasteiger partial charge < -0.3 is 9.47 Å². The van der Waals surface area contributed by atoms with Gasteiger partial charge in [0.2, 0.25) is 0 Å². The van der Waals surface area contributed by atoms with Gasteiger partial charge in [0.05, 0.1) is 24.3 Å². The second kappa shape index (κ2) is 13.9.